The Labute approximate surface area is 155 Å². The van der Waals surface area contributed by atoms with Crippen molar-refractivity contribution in [3.05, 3.63) is 58.9 Å². The smallest absolute Gasteiger partial charge is 0.272 e. The van der Waals surface area contributed by atoms with Gasteiger partial charge in [-0.15, -0.1) is 11.3 Å². The SMILES string of the molecule is Cc1ccc(-c2cc(C(=O)NC(c3ccccn3)C3CC(O)C3)n[nH]2)s1. The van der Waals surface area contributed by atoms with Gasteiger partial charge in [0, 0.05) is 11.1 Å². The molecule has 0 spiro atoms. The number of aromatic nitrogens is 3. The first-order chi connectivity index (χ1) is 12.6. The van der Waals surface area contributed by atoms with E-state index in [2.05, 4.69) is 20.5 Å². The monoisotopic (exact) mass is 368 g/mol. The van der Waals surface area contributed by atoms with E-state index in [1.54, 1.807) is 23.6 Å². The molecule has 26 heavy (non-hydrogen) atoms. The molecule has 1 saturated carbocycles. The average molecular weight is 368 g/mol. The van der Waals surface area contributed by atoms with E-state index in [1.807, 2.05) is 37.3 Å². The van der Waals surface area contributed by atoms with Crippen molar-refractivity contribution in [1.82, 2.24) is 20.5 Å². The van der Waals surface area contributed by atoms with Crippen molar-refractivity contribution < 1.29 is 9.90 Å². The standard InChI is InChI=1S/C19H20N4O2S/c1-11-5-6-17(26-11)15-10-16(23-22-15)19(25)21-18(12-8-13(24)9-12)14-4-2-3-7-20-14/h2-7,10,12-13,18,24H,8-9H2,1H3,(H,21,25)(H,22,23). The molecule has 3 aromatic rings. The highest BCUT2D eigenvalue weighted by Gasteiger charge is 2.36. The molecule has 1 atom stereocenters. The number of rotatable bonds is 5. The second-order valence-electron chi connectivity index (χ2n) is 6.67. The molecule has 6 nitrogen and oxygen atoms in total. The molecule has 4 rings (SSSR count). The molecule has 0 saturated heterocycles. The first-order valence-corrected chi connectivity index (χ1v) is 9.44. The molecule has 3 aromatic heterocycles. The van der Waals surface area contributed by atoms with Crippen LogP contribution in [0.4, 0.5) is 0 Å². The maximum absolute atomic E-state index is 12.7. The Bertz CT molecular complexity index is 899. The molecule has 1 unspecified atom stereocenters. The van der Waals surface area contributed by atoms with Crippen LogP contribution in [-0.2, 0) is 0 Å². The second kappa shape index (κ2) is 7.01. The third-order valence-electron chi connectivity index (χ3n) is 4.73. The molecule has 0 radical (unpaired) electrons. The molecule has 3 heterocycles. The Morgan fingerprint density at radius 3 is 2.85 bits per heavy atom. The number of nitrogens with zero attached hydrogens (tertiary/aromatic N) is 2. The summed E-state index contributed by atoms with van der Waals surface area (Å²) in [5.74, 6) is -0.0555. The number of aryl methyl sites for hydroxylation is 1. The summed E-state index contributed by atoms with van der Waals surface area (Å²) in [6, 6.07) is 11.3. The lowest BCUT2D eigenvalue weighted by Gasteiger charge is -2.37. The van der Waals surface area contributed by atoms with Gasteiger partial charge in [0.1, 0.15) is 0 Å². The van der Waals surface area contributed by atoms with Gasteiger partial charge in [-0.25, -0.2) is 0 Å². The number of carbonyl (C=O) groups is 1. The Balaban J connectivity index is 1.52. The molecule has 3 N–H and O–H groups in total. The summed E-state index contributed by atoms with van der Waals surface area (Å²) >= 11 is 1.65. The lowest BCUT2D eigenvalue weighted by atomic mass is 9.76. The van der Waals surface area contributed by atoms with E-state index in [9.17, 15) is 9.90 Å². The highest BCUT2D eigenvalue weighted by molar-refractivity contribution is 7.15. The number of aliphatic hydroxyl groups excluding tert-OH is 1. The van der Waals surface area contributed by atoms with E-state index in [0.717, 1.165) is 16.3 Å². The number of aliphatic hydroxyl groups is 1. The van der Waals surface area contributed by atoms with Crippen molar-refractivity contribution in [3.63, 3.8) is 0 Å². The van der Waals surface area contributed by atoms with Crippen LogP contribution in [0.25, 0.3) is 10.6 Å². The van der Waals surface area contributed by atoms with Gasteiger partial charge >= 0.3 is 0 Å². The maximum atomic E-state index is 12.7. The third-order valence-corrected chi connectivity index (χ3v) is 5.76. The minimum Gasteiger partial charge on any atom is -0.393 e. The zero-order chi connectivity index (χ0) is 18.1. The van der Waals surface area contributed by atoms with Crippen molar-refractivity contribution in [2.45, 2.75) is 31.9 Å². The first kappa shape index (κ1) is 16.9. The highest BCUT2D eigenvalue weighted by Crippen LogP contribution is 2.37. The molecule has 0 aromatic carbocycles. The van der Waals surface area contributed by atoms with Gasteiger partial charge in [-0.3, -0.25) is 14.9 Å². The fourth-order valence-electron chi connectivity index (χ4n) is 3.25. The van der Waals surface area contributed by atoms with Crippen LogP contribution >= 0.6 is 11.3 Å². The first-order valence-electron chi connectivity index (χ1n) is 8.62. The molecule has 1 amide bonds. The maximum Gasteiger partial charge on any atom is 0.272 e. The quantitative estimate of drug-likeness (QED) is 0.645. The van der Waals surface area contributed by atoms with Gasteiger partial charge in [-0.05, 0) is 56.0 Å². The van der Waals surface area contributed by atoms with Crippen LogP contribution in [0.1, 0.15) is 39.9 Å². The van der Waals surface area contributed by atoms with Crippen molar-refractivity contribution >= 4 is 17.2 Å². The van der Waals surface area contributed by atoms with Crippen LogP contribution in [-0.4, -0.2) is 32.3 Å². The Hall–Kier alpha value is -2.51. The summed E-state index contributed by atoms with van der Waals surface area (Å²) in [4.78, 5) is 19.4. The Morgan fingerprint density at radius 1 is 1.35 bits per heavy atom. The van der Waals surface area contributed by atoms with Crippen molar-refractivity contribution in [3.8, 4) is 10.6 Å². The number of thiophene rings is 1. The number of H-pyrrole nitrogens is 1. The molecule has 134 valence electrons. The van der Waals surface area contributed by atoms with Crippen molar-refractivity contribution in [2.75, 3.05) is 0 Å². The van der Waals surface area contributed by atoms with E-state index in [1.165, 1.54) is 4.88 Å². The number of amides is 1. The summed E-state index contributed by atoms with van der Waals surface area (Å²) in [6.07, 6.45) is 2.76. The fraction of sp³-hybridized carbons (Fsp3) is 0.316. The Morgan fingerprint density at radius 2 is 2.19 bits per heavy atom. The molecule has 1 fully saturated rings. The van der Waals surface area contributed by atoms with E-state index in [4.69, 9.17) is 0 Å². The van der Waals surface area contributed by atoms with Gasteiger partial charge in [-0.2, -0.15) is 5.10 Å². The van der Waals surface area contributed by atoms with E-state index >= 15 is 0 Å². The van der Waals surface area contributed by atoms with Crippen LogP contribution in [0.2, 0.25) is 0 Å². The largest absolute Gasteiger partial charge is 0.393 e. The van der Waals surface area contributed by atoms with E-state index in [0.29, 0.717) is 18.5 Å². The minimum absolute atomic E-state index is 0.183. The van der Waals surface area contributed by atoms with Crippen LogP contribution in [0.15, 0.2) is 42.6 Å². The molecule has 0 bridgehead atoms. The van der Waals surface area contributed by atoms with Gasteiger partial charge in [0.25, 0.3) is 5.91 Å². The average Bonchev–Trinajstić information content (AvgIpc) is 3.27. The zero-order valence-corrected chi connectivity index (χ0v) is 15.2. The highest BCUT2D eigenvalue weighted by atomic mass is 32.1. The minimum atomic E-state index is -0.290. The molecule has 1 aliphatic carbocycles. The number of hydrogen-bond donors (Lipinski definition) is 3. The molecule has 0 aliphatic heterocycles. The summed E-state index contributed by atoms with van der Waals surface area (Å²) in [7, 11) is 0. The van der Waals surface area contributed by atoms with Gasteiger partial charge in [0.05, 0.1) is 28.4 Å². The lowest BCUT2D eigenvalue weighted by molar-refractivity contribution is 0.0227. The third kappa shape index (κ3) is 3.40. The van der Waals surface area contributed by atoms with Gasteiger partial charge in [0.15, 0.2) is 5.69 Å². The van der Waals surface area contributed by atoms with Crippen LogP contribution in [0, 0.1) is 12.8 Å². The lowest BCUT2D eigenvalue weighted by Crippen LogP contribution is -2.41. The van der Waals surface area contributed by atoms with E-state index in [-0.39, 0.29) is 24.0 Å². The predicted octanol–water partition coefficient (Wildman–Crippen LogP) is 3.08. The number of hydrogen-bond acceptors (Lipinski definition) is 5. The number of nitrogens with one attached hydrogen (secondary N) is 2. The summed E-state index contributed by atoms with van der Waals surface area (Å²) in [5.41, 5.74) is 2.00. The van der Waals surface area contributed by atoms with E-state index < -0.39 is 0 Å². The van der Waals surface area contributed by atoms with Crippen molar-refractivity contribution in [2.24, 2.45) is 5.92 Å². The fourth-order valence-corrected chi connectivity index (χ4v) is 4.09. The summed E-state index contributed by atoms with van der Waals surface area (Å²) in [6.45, 7) is 2.04. The molecular formula is C19H20N4O2S. The number of carbonyl (C=O) groups excluding carboxylic acids is 1. The molecule has 7 heteroatoms. The van der Waals surface area contributed by atoms with Crippen LogP contribution < -0.4 is 5.32 Å². The van der Waals surface area contributed by atoms with Crippen LogP contribution in [0.5, 0.6) is 0 Å². The molecule has 1 aliphatic rings. The van der Waals surface area contributed by atoms with Gasteiger partial charge < -0.3 is 10.4 Å². The Kier molecular flexibility index (Phi) is 4.57. The normalized spacial score (nSPS) is 20.4. The van der Waals surface area contributed by atoms with Gasteiger partial charge in [-0.1, -0.05) is 6.07 Å². The number of aromatic amines is 1. The predicted molar refractivity (Wildman–Crippen MR) is 99.8 cm³/mol. The number of pyridine rings is 1. The molecular weight excluding hydrogens is 348 g/mol. The van der Waals surface area contributed by atoms with Gasteiger partial charge in [0.2, 0.25) is 0 Å². The van der Waals surface area contributed by atoms with Crippen molar-refractivity contribution in [1.29, 1.82) is 0 Å². The summed E-state index contributed by atoms with van der Waals surface area (Å²) in [5, 5.41) is 19.8. The summed E-state index contributed by atoms with van der Waals surface area (Å²) < 4.78 is 0. The topological polar surface area (TPSA) is 90.9 Å². The second-order valence-corrected chi connectivity index (χ2v) is 7.96. The zero-order valence-electron chi connectivity index (χ0n) is 14.3. The van der Waals surface area contributed by atoms with Crippen LogP contribution in [0.3, 0.4) is 0 Å².